The van der Waals surface area contributed by atoms with Gasteiger partial charge >= 0.3 is 0 Å². The lowest BCUT2D eigenvalue weighted by molar-refractivity contribution is 0.107. The molecule has 0 unspecified atom stereocenters. The van der Waals surface area contributed by atoms with E-state index in [9.17, 15) is 0 Å². The Morgan fingerprint density at radius 1 is 1.17 bits per heavy atom. The minimum atomic E-state index is 0.740. The number of ether oxygens (including phenoxy) is 1. The lowest BCUT2D eigenvalue weighted by Crippen LogP contribution is -2.32. The number of nitrogens with zero attached hydrogens (tertiary/aromatic N) is 1. The Morgan fingerprint density at radius 2 is 2.00 bits per heavy atom. The summed E-state index contributed by atoms with van der Waals surface area (Å²) in [5.74, 6) is 0. The number of para-hydroxylation sites is 1. The molecule has 12 heavy (non-hydrogen) atoms. The van der Waals surface area contributed by atoms with Crippen molar-refractivity contribution in [1.82, 2.24) is 0 Å². The summed E-state index contributed by atoms with van der Waals surface area (Å²) < 4.78 is 5.36. The summed E-state index contributed by atoms with van der Waals surface area (Å²) in [5.41, 5.74) is 1.26. The van der Waals surface area contributed by atoms with Gasteiger partial charge in [-0.2, -0.15) is 0 Å². The first-order valence-corrected chi connectivity index (χ1v) is 4.34. The normalized spacial score (nSPS) is 17.8. The van der Waals surface area contributed by atoms with E-state index in [0.29, 0.717) is 0 Å². The molecule has 1 aliphatic rings. The number of hydrogen-bond donors (Lipinski definition) is 0. The van der Waals surface area contributed by atoms with Gasteiger partial charge in [-0.3, -0.25) is 0 Å². The molecule has 64 valence electrons. The summed E-state index contributed by atoms with van der Waals surface area (Å²) in [6.07, 6.45) is 1.13. The topological polar surface area (TPSA) is 12.5 Å². The highest BCUT2D eigenvalue weighted by Crippen LogP contribution is 2.15. The Bertz CT molecular complexity index is 229. The molecule has 1 heterocycles. The van der Waals surface area contributed by atoms with Gasteiger partial charge in [0.1, 0.15) is 6.73 Å². The Balaban J connectivity index is 2.08. The van der Waals surface area contributed by atoms with Gasteiger partial charge in [-0.1, -0.05) is 18.2 Å². The van der Waals surface area contributed by atoms with E-state index in [4.69, 9.17) is 4.74 Å². The van der Waals surface area contributed by atoms with E-state index in [1.54, 1.807) is 0 Å². The van der Waals surface area contributed by atoms with Gasteiger partial charge in [-0.15, -0.1) is 0 Å². The van der Waals surface area contributed by atoms with Crippen LogP contribution in [0.2, 0.25) is 0 Å². The number of hydrogen-bond acceptors (Lipinski definition) is 2. The Hall–Kier alpha value is -1.02. The van der Waals surface area contributed by atoms with Crippen LogP contribution in [0.5, 0.6) is 0 Å². The fourth-order valence-corrected chi connectivity index (χ4v) is 1.44. The summed E-state index contributed by atoms with van der Waals surface area (Å²) in [5, 5.41) is 0. The van der Waals surface area contributed by atoms with Crippen molar-refractivity contribution < 1.29 is 4.74 Å². The Morgan fingerprint density at radius 3 is 2.67 bits per heavy atom. The molecule has 0 N–H and O–H groups in total. The van der Waals surface area contributed by atoms with Gasteiger partial charge in [0.2, 0.25) is 0 Å². The maximum atomic E-state index is 5.36. The summed E-state index contributed by atoms with van der Waals surface area (Å²) in [6, 6.07) is 10.4. The average molecular weight is 163 g/mol. The molecule has 1 fully saturated rings. The van der Waals surface area contributed by atoms with Gasteiger partial charge in [0.15, 0.2) is 0 Å². The van der Waals surface area contributed by atoms with E-state index in [-0.39, 0.29) is 0 Å². The fraction of sp³-hybridized carbons (Fsp3) is 0.400. The second kappa shape index (κ2) is 3.59. The monoisotopic (exact) mass is 163 g/mol. The molecule has 1 saturated heterocycles. The third-order valence-corrected chi connectivity index (χ3v) is 2.09. The molecule has 1 aromatic carbocycles. The van der Waals surface area contributed by atoms with Crippen LogP contribution in [0.1, 0.15) is 6.42 Å². The van der Waals surface area contributed by atoms with E-state index >= 15 is 0 Å². The van der Waals surface area contributed by atoms with Crippen molar-refractivity contribution in [1.29, 1.82) is 0 Å². The molecule has 0 atom stereocenters. The van der Waals surface area contributed by atoms with Crippen LogP contribution < -0.4 is 4.90 Å². The molecule has 2 rings (SSSR count). The molecule has 2 nitrogen and oxygen atoms in total. The molecule has 0 bridgehead atoms. The molecule has 0 spiro atoms. The summed E-state index contributed by atoms with van der Waals surface area (Å²) >= 11 is 0. The highest BCUT2D eigenvalue weighted by atomic mass is 16.5. The SMILES string of the molecule is c1ccc(N2CCCOC2)cc1. The summed E-state index contributed by atoms with van der Waals surface area (Å²) in [4.78, 5) is 2.25. The van der Waals surface area contributed by atoms with Crippen LogP contribution in [-0.2, 0) is 4.74 Å². The Labute approximate surface area is 72.8 Å². The van der Waals surface area contributed by atoms with Crippen molar-refractivity contribution in [3.63, 3.8) is 0 Å². The second-order valence-corrected chi connectivity index (χ2v) is 2.99. The highest BCUT2D eigenvalue weighted by molar-refractivity contribution is 5.45. The van der Waals surface area contributed by atoms with Crippen LogP contribution in [0.25, 0.3) is 0 Å². The predicted octanol–water partition coefficient (Wildman–Crippen LogP) is 1.87. The quantitative estimate of drug-likeness (QED) is 0.626. The standard InChI is InChI=1S/C10H13NO/c1-2-5-10(6-3-1)11-7-4-8-12-9-11/h1-3,5-6H,4,7-9H2. The van der Waals surface area contributed by atoms with Crippen LogP contribution in [0.4, 0.5) is 5.69 Å². The first-order chi connectivity index (χ1) is 5.97. The summed E-state index contributed by atoms with van der Waals surface area (Å²) in [7, 11) is 0. The van der Waals surface area contributed by atoms with Crippen LogP contribution in [0.3, 0.4) is 0 Å². The van der Waals surface area contributed by atoms with E-state index in [0.717, 1.165) is 26.3 Å². The van der Waals surface area contributed by atoms with E-state index in [1.165, 1.54) is 5.69 Å². The van der Waals surface area contributed by atoms with Gasteiger partial charge < -0.3 is 9.64 Å². The maximum absolute atomic E-state index is 5.36. The van der Waals surface area contributed by atoms with E-state index in [1.807, 2.05) is 6.07 Å². The fourth-order valence-electron chi connectivity index (χ4n) is 1.44. The molecule has 0 amide bonds. The Kier molecular flexibility index (Phi) is 2.28. The zero-order chi connectivity index (χ0) is 8.23. The first-order valence-electron chi connectivity index (χ1n) is 4.34. The third kappa shape index (κ3) is 1.59. The van der Waals surface area contributed by atoms with Gasteiger partial charge in [0.25, 0.3) is 0 Å². The zero-order valence-corrected chi connectivity index (χ0v) is 7.07. The van der Waals surface area contributed by atoms with E-state index in [2.05, 4.69) is 29.2 Å². The minimum absolute atomic E-state index is 0.740. The largest absolute Gasteiger partial charge is 0.361 e. The summed E-state index contributed by atoms with van der Waals surface area (Å²) in [6.45, 7) is 2.76. The molecular weight excluding hydrogens is 150 g/mol. The lowest BCUT2D eigenvalue weighted by atomic mass is 10.3. The van der Waals surface area contributed by atoms with Crippen LogP contribution >= 0.6 is 0 Å². The molecule has 1 aromatic rings. The van der Waals surface area contributed by atoms with Crippen LogP contribution in [0, 0.1) is 0 Å². The molecule has 0 radical (unpaired) electrons. The highest BCUT2D eigenvalue weighted by Gasteiger charge is 2.09. The average Bonchev–Trinajstić information content (AvgIpc) is 2.21. The number of rotatable bonds is 1. The molecular formula is C10H13NO. The van der Waals surface area contributed by atoms with Crippen molar-refractivity contribution in [3.05, 3.63) is 30.3 Å². The van der Waals surface area contributed by atoms with Gasteiger partial charge in [-0.25, -0.2) is 0 Å². The van der Waals surface area contributed by atoms with Crippen LogP contribution in [-0.4, -0.2) is 19.9 Å². The predicted molar refractivity (Wildman–Crippen MR) is 49.2 cm³/mol. The molecule has 0 aliphatic carbocycles. The zero-order valence-electron chi connectivity index (χ0n) is 7.07. The molecule has 0 saturated carbocycles. The molecule has 1 aliphatic heterocycles. The number of anilines is 1. The van der Waals surface area contributed by atoms with Crippen molar-refractivity contribution in [3.8, 4) is 0 Å². The van der Waals surface area contributed by atoms with Crippen LogP contribution in [0.15, 0.2) is 30.3 Å². The molecule has 2 heteroatoms. The van der Waals surface area contributed by atoms with Gasteiger partial charge in [0.05, 0.1) is 6.61 Å². The van der Waals surface area contributed by atoms with Crippen molar-refractivity contribution >= 4 is 5.69 Å². The first kappa shape index (κ1) is 7.62. The second-order valence-electron chi connectivity index (χ2n) is 2.99. The van der Waals surface area contributed by atoms with Gasteiger partial charge in [-0.05, 0) is 18.6 Å². The van der Waals surface area contributed by atoms with E-state index < -0.39 is 0 Å². The van der Waals surface area contributed by atoms with Crippen molar-refractivity contribution in [2.24, 2.45) is 0 Å². The minimum Gasteiger partial charge on any atom is -0.361 e. The maximum Gasteiger partial charge on any atom is 0.118 e. The van der Waals surface area contributed by atoms with Gasteiger partial charge in [0, 0.05) is 12.2 Å². The smallest absolute Gasteiger partial charge is 0.118 e. The lowest BCUT2D eigenvalue weighted by Gasteiger charge is -2.28. The number of benzene rings is 1. The van der Waals surface area contributed by atoms with Crippen molar-refractivity contribution in [2.45, 2.75) is 6.42 Å². The third-order valence-electron chi connectivity index (χ3n) is 2.09. The van der Waals surface area contributed by atoms with Crippen molar-refractivity contribution in [2.75, 3.05) is 24.8 Å². The molecule has 0 aromatic heterocycles.